The molecule has 0 aromatic carbocycles. The summed E-state index contributed by atoms with van der Waals surface area (Å²) >= 11 is 0. The van der Waals surface area contributed by atoms with Crippen molar-refractivity contribution in [2.24, 2.45) is 50.6 Å². The number of carbonyl (C=O) groups excluding carboxylic acids is 2. The monoisotopic (exact) mass is 580 g/mol. The van der Waals surface area contributed by atoms with Crippen molar-refractivity contribution in [2.45, 2.75) is 131 Å². The van der Waals surface area contributed by atoms with Crippen molar-refractivity contribution in [2.75, 3.05) is 13.1 Å². The van der Waals surface area contributed by atoms with Gasteiger partial charge in [-0.2, -0.15) is 5.48 Å². The Balaban J connectivity index is 1.15. The zero-order valence-electron chi connectivity index (χ0n) is 26.4. The summed E-state index contributed by atoms with van der Waals surface area (Å²) in [6.45, 7) is 16.6. The van der Waals surface area contributed by atoms with Gasteiger partial charge in [0.15, 0.2) is 0 Å². The predicted molar refractivity (Wildman–Crippen MR) is 155 cm³/mol. The Morgan fingerprint density at radius 3 is 2.46 bits per heavy atom. The number of aliphatic hydroxyl groups excluding tert-OH is 3. The van der Waals surface area contributed by atoms with Crippen molar-refractivity contribution in [1.82, 2.24) is 5.48 Å². The maximum absolute atomic E-state index is 12.4. The molecule has 4 fully saturated rings. The molecule has 0 amide bonds. The Bertz CT molecular complexity index is 991. The second kappa shape index (κ2) is 11.3. The molecule has 0 aromatic heterocycles. The molecule has 3 saturated carbocycles. The van der Waals surface area contributed by atoms with Crippen LogP contribution in [0.2, 0.25) is 0 Å². The fraction of sp³-hybridized carbons (Fsp3) is 0.938. The number of hydrogen-bond donors (Lipinski definition) is 5. The molecule has 0 aromatic rings. The van der Waals surface area contributed by atoms with E-state index < -0.39 is 24.3 Å². The molecule has 41 heavy (non-hydrogen) atoms. The first-order valence-corrected chi connectivity index (χ1v) is 15.8. The molecule has 5 unspecified atom stereocenters. The van der Waals surface area contributed by atoms with E-state index in [1.165, 1.54) is 0 Å². The number of cyclic esters (lactones) is 1. The summed E-state index contributed by atoms with van der Waals surface area (Å²) in [5.41, 5.74) is 8.47. The van der Waals surface area contributed by atoms with Gasteiger partial charge in [-0.05, 0) is 72.6 Å². The molecule has 0 radical (unpaired) electrons. The lowest BCUT2D eigenvalue weighted by Crippen LogP contribution is -2.40. The van der Waals surface area contributed by atoms with Crippen LogP contribution in [0.5, 0.6) is 0 Å². The molecule has 4 aliphatic rings. The highest BCUT2D eigenvalue weighted by Gasteiger charge is 2.85. The molecule has 6 N–H and O–H groups in total. The lowest BCUT2D eigenvalue weighted by Gasteiger charge is -2.37. The van der Waals surface area contributed by atoms with Gasteiger partial charge in [-0.1, -0.05) is 48.5 Å². The van der Waals surface area contributed by atoms with E-state index in [1.807, 2.05) is 0 Å². The van der Waals surface area contributed by atoms with Gasteiger partial charge in [-0.3, -0.25) is 9.59 Å². The van der Waals surface area contributed by atoms with Gasteiger partial charge < -0.3 is 30.6 Å². The Morgan fingerprint density at radius 2 is 1.83 bits per heavy atom. The molecule has 9 heteroatoms. The van der Waals surface area contributed by atoms with Gasteiger partial charge in [0.2, 0.25) is 0 Å². The maximum atomic E-state index is 12.4. The minimum absolute atomic E-state index is 0.0302. The van der Waals surface area contributed by atoms with Crippen LogP contribution in [0.3, 0.4) is 0 Å². The van der Waals surface area contributed by atoms with Crippen molar-refractivity contribution >= 4 is 11.9 Å². The lowest BCUT2D eigenvalue weighted by molar-refractivity contribution is -0.166. The number of aliphatic hydroxyl groups is 3. The summed E-state index contributed by atoms with van der Waals surface area (Å²) in [6, 6.07) is 0. The summed E-state index contributed by atoms with van der Waals surface area (Å²) in [5.74, 6) is 0.314. The normalized spacial score (nSPS) is 40.9. The van der Waals surface area contributed by atoms with Crippen LogP contribution >= 0.6 is 0 Å². The second-order valence-corrected chi connectivity index (χ2v) is 15.6. The van der Waals surface area contributed by atoms with Crippen LogP contribution in [-0.4, -0.2) is 64.8 Å². The summed E-state index contributed by atoms with van der Waals surface area (Å²) in [4.78, 5) is 29.5. The number of carbonyl (C=O) groups is 2. The van der Waals surface area contributed by atoms with E-state index in [2.05, 4.69) is 53.9 Å². The zero-order valence-corrected chi connectivity index (χ0v) is 26.4. The average molecular weight is 581 g/mol. The van der Waals surface area contributed by atoms with Gasteiger partial charge in [0.1, 0.15) is 6.10 Å². The van der Waals surface area contributed by atoms with Crippen molar-refractivity contribution in [3.05, 3.63) is 0 Å². The highest BCUT2D eigenvalue weighted by Crippen LogP contribution is 2.90. The van der Waals surface area contributed by atoms with Crippen molar-refractivity contribution in [3.8, 4) is 0 Å². The molecule has 9 nitrogen and oxygen atoms in total. The third kappa shape index (κ3) is 5.95. The molecular weight excluding hydrogens is 524 g/mol. The molecular formula is C32H56N2O7. The minimum Gasteiger partial charge on any atom is -0.462 e. The fourth-order valence-corrected chi connectivity index (χ4v) is 8.92. The van der Waals surface area contributed by atoms with Gasteiger partial charge in [-0.15, -0.1) is 0 Å². The van der Waals surface area contributed by atoms with E-state index in [-0.39, 0.29) is 58.4 Å². The van der Waals surface area contributed by atoms with E-state index in [0.29, 0.717) is 37.3 Å². The van der Waals surface area contributed by atoms with E-state index in [1.54, 1.807) is 0 Å². The second-order valence-electron chi connectivity index (χ2n) is 15.6. The Hall–Kier alpha value is -1.26. The molecule has 0 bridgehead atoms. The van der Waals surface area contributed by atoms with E-state index in [4.69, 9.17) is 15.3 Å². The molecule has 11 atom stereocenters. The van der Waals surface area contributed by atoms with Crippen LogP contribution in [0.25, 0.3) is 0 Å². The fourth-order valence-electron chi connectivity index (χ4n) is 8.92. The molecule has 1 aliphatic heterocycles. The number of ether oxygens (including phenoxy) is 1. The SMILES string of the molecule is C[C@H](CCNOC(=O)C[C@H](O)C[C@H](O)C1(C)CC12CC2(C)[C@H](C)CCN)C(C)(C)C1CC1(C)[C@@H]1C[C@@H](O)CC(=O)O1. The number of hydrogen-bond acceptors (Lipinski definition) is 9. The van der Waals surface area contributed by atoms with Crippen molar-refractivity contribution in [3.63, 3.8) is 0 Å². The van der Waals surface area contributed by atoms with Crippen molar-refractivity contribution in [1.29, 1.82) is 0 Å². The number of esters is 1. The highest BCUT2D eigenvalue weighted by atomic mass is 16.7. The Morgan fingerprint density at radius 1 is 1.17 bits per heavy atom. The van der Waals surface area contributed by atoms with E-state index in [9.17, 15) is 24.9 Å². The maximum Gasteiger partial charge on any atom is 0.327 e. The molecule has 1 saturated heterocycles. The number of nitrogens with one attached hydrogen (secondary N) is 1. The molecule has 236 valence electrons. The summed E-state index contributed by atoms with van der Waals surface area (Å²) in [5, 5.41) is 31.6. The standard InChI is InChI=1S/C32H56N2O7/c1-19(28(3,4)23-16-29(23,5)25-13-22(36)14-26(38)40-25)9-11-34-41-27(39)15-21(35)12-24(37)31(7)18-32(31)17-30(32,6)20(2)8-10-33/h19-25,34-37H,8-18,33H2,1-7H3/t19-,20-,21-,22-,23?,24+,25+,29?,30?,31?,32?/m1/s1. The summed E-state index contributed by atoms with van der Waals surface area (Å²) in [7, 11) is 0. The molecule has 1 heterocycles. The minimum atomic E-state index is -0.960. The van der Waals surface area contributed by atoms with Crippen LogP contribution in [0.1, 0.15) is 106 Å². The van der Waals surface area contributed by atoms with Gasteiger partial charge in [-0.25, -0.2) is 0 Å². The van der Waals surface area contributed by atoms with E-state index in [0.717, 1.165) is 32.1 Å². The van der Waals surface area contributed by atoms with Gasteiger partial charge >= 0.3 is 11.9 Å². The Kier molecular flexibility index (Phi) is 9.03. The Labute approximate surface area is 246 Å². The highest BCUT2D eigenvalue weighted by molar-refractivity contribution is 5.71. The molecule has 4 rings (SSSR count). The lowest BCUT2D eigenvalue weighted by atomic mass is 9.71. The number of nitrogens with two attached hydrogens (primary N) is 1. The van der Waals surface area contributed by atoms with Gasteiger partial charge in [0.25, 0.3) is 0 Å². The largest absolute Gasteiger partial charge is 0.462 e. The van der Waals surface area contributed by atoms with Crippen LogP contribution in [0, 0.1) is 44.8 Å². The third-order valence-corrected chi connectivity index (χ3v) is 12.8. The zero-order chi connectivity index (χ0) is 30.6. The number of rotatable bonds is 15. The summed E-state index contributed by atoms with van der Waals surface area (Å²) < 4.78 is 5.62. The van der Waals surface area contributed by atoms with Crippen LogP contribution in [-0.2, 0) is 19.2 Å². The quantitative estimate of drug-likeness (QED) is 0.111. The van der Waals surface area contributed by atoms with E-state index >= 15 is 0 Å². The van der Waals surface area contributed by atoms with Gasteiger partial charge in [0.05, 0.1) is 31.2 Å². The predicted octanol–water partition coefficient (Wildman–Crippen LogP) is 3.47. The van der Waals surface area contributed by atoms with Crippen LogP contribution in [0.4, 0.5) is 0 Å². The third-order valence-electron chi connectivity index (χ3n) is 12.8. The van der Waals surface area contributed by atoms with Crippen LogP contribution in [0.15, 0.2) is 0 Å². The first kappa shape index (κ1) is 32.6. The first-order chi connectivity index (χ1) is 19.0. The number of hydroxylamine groups is 1. The summed E-state index contributed by atoms with van der Waals surface area (Å²) in [6.07, 6.45) is 2.82. The smallest absolute Gasteiger partial charge is 0.327 e. The van der Waals surface area contributed by atoms with Crippen molar-refractivity contribution < 1.29 is 34.5 Å². The molecule has 3 aliphatic carbocycles. The topological polar surface area (TPSA) is 151 Å². The molecule has 1 spiro atoms. The van der Waals surface area contributed by atoms with Crippen LogP contribution < -0.4 is 11.2 Å². The average Bonchev–Trinajstić information content (AvgIpc) is 3.81. The first-order valence-electron chi connectivity index (χ1n) is 15.8. The van der Waals surface area contributed by atoms with Gasteiger partial charge in [0, 0.05) is 30.2 Å².